The van der Waals surface area contributed by atoms with Crippen molar-refractivity contribution >= 4 is 0 Å². The van der Waals surface area contributed by atoms with Crippen molar-refractivity contribution < 1.29 is 13.2 Å². The Bertz CT molecular complexity index is 98.5. The summed E-state index contributed by atoms with van der Waals surface area (Å²) < 4.78 is 36.2. The van der Waals surface area contributed by atoms with Gasteiger partial charge >= 0.3 is 0 Å². The van der Waals surface area contributed by atoms with E-state index in [0.29, 0.717) is 6.08 Å². The molecule has 0 heterocycles. The third-order valence-corrected chi connectivity index (χ3v) is 1.08. The van der Waals surface area contributed by atoms with E-state index in [1.807, 2.05) is 0 Å². The number of hydrogen-bond donors (Lipinski definition) is 0. The van der Waals surface area contributed by atoms with Crippen molar-refractivity contribution in [3.63, 3.8) is 0 Å². The minimum Gasteiger partial charge on any atom is -0.236 e. The molecule has 1 atom stereocenters. The maximum absolute atomic E-state index is 12.1. The third-order valence-electron chi connectivity index (χ3n) is 1.08. The zero-order chi connectivity index (χ0) is 7.49. The highest BCUT2D eigenvalue weighted by Crippen LogP contribution is 2.25. The van der Waals surface area contributed by atoms with Crippen LogP contribution in [0.5, 0.6) is 0 Å². The molecule has 0 rings (SSSR count). The molecule has 0 aromatic heterocycles. The number of alkyl halides is 3. The number of halogens is 3. The molecule has 0 spiro atoms. The first kappa shape index (κ1) is 8.53. The fourth-order valence-electron chi connectivity index (χ4n) is 0.367. The van der Waals surface area contributed by atoms with Crippen LogP contribution in [0.25, 0.3) is 0 Å². The van der Waals surface area contributed by atoms with Crippen LogP contribution in [0.1, 0.15) is 13.3 Å². The summed E-state index contributed by atoms with van der Waals surface area (Å²) in [5, 5.41) is 0. The van der Waals surface area contributed by atoms with Crippen LogP contribution in [0.4, 0.5) is 13.2 Å². The summed E-state index contributed by atoms with van der Waals surface area (Å²) in [4.78, 5) is 0. The topological polar surface area (TPSA) is 0 Å². The Morgan fingerprint density at radius 1 is 1.67 bits per heavy atom. The predicted molar refractivity (Wildman–Crippen MR) is 30.3 cm³/mol. The van der Waals surface area contributed by atoms with Gasteiger partial charge in [0.1, 0.15) is 0 Å². The molecule has 0 N–H and O–H groups in total. The molecule has 54 valence electrons. The smallest absolute Gasteiger partial charge is 0.236 e. The van der Waals surface area contributed by atoms with Gasteiger partial charge in [0.15, 0.2) is 6.17 Å². The minimum atomic E-state index is -3.23. The molecule has 0 amide bonds. The first-order valence-electron chi connectivity index (χ1n) is 2.69. The van der Waals surface area contributed by atoms with E-state index in [4.69, 9.17) is 0 Å². The fraction of sp³-hybridized carbons (Fsp3) is 0.667. The van der Waals surface area contributed by atoms with Gasteiger partial charge in [-0.3, -0.25) is 0 Å². The van der Waals surface area contributed by atoms with Gasteiger partial charge in [-0.1, -0.05) is 19.6 Å². The maximum Gasteiger partial charge on any atom is 0.281 e. The molecule has 0 saturated heterocycles. The van der Waals surface area contributed by atoms with E-state index in [1.165, 1.54) is 6.92 Å². The minimum absolute atomic E-state index is 0.486. The first-order valence-corrected chi connectivity index (χ1v) is 2.69. The summed E-state index contributed by atoms with van der Waals surface area (Å²) in [6.45, 7) is 4.15. The highest BCUT2D eigenvalue weighted by atomic mass is 19.3. The van der Waals surface area contributed by atoms with Crippen LogP contribution in [-0.4, -0.2) is 12.1 Å². The fourth-order valence-corrected chi connectivity index (χ4v) is 0.367. The van der Waals surface area contributed by atoms with Gasteiger partial charge in [-0.25, -0.2) is 13.2 Å². The zero-order valence-corrected chi connectivity index (χ0v) is 5.20. The SMILES string of the molecule is C=C[C@H](F)C(F)(F)CC. The van der Waals surface area contributed by atoms with Gasteiger partial charge in [-0.05, 0) is 0 Å². The van der Waals surface area contributed by atoms with Crippen LogP contribution in [0.3, 0.4) is 0 Å². The van der Waals surface area contributed by atoms with Crippen molar-refractivity contribution in [3.05, 3.63) is 12.7 Å². The normalized spacial score (nSPS) is 15.1. The highest BCUT2D eigenvalue weighted by Gasteiger charge is 2.35. The van der Waals surface area contributed by atoms with Crippen molar-refractivity contribution in [3.8, 4) is 0 Å². The number of hydrogen-bond acceptors (Lipinski definition) is 0. The van der Waals surface area contributed by atoms with Crippen LogP contribution < -0.4 is 0 Å². The van der Waals surface area contributed by atoms with Crippen LogP contribution >= 0.6 is 0 Å². The van der Waals surface area contributed by atoms with Gasteiger partial charge in [-0.15, -0.1) is 0 Å². The Labute approximate surface area is 52.4 Å². The molecule has 0 aliphatic rings. The van der Waals surface area contributed by atoms with Crippen molar-refractivity contribution in [2.75, 3.05) is 0 Å². The van der Waals surface area contributed by atoms with Crippen molar-refractivity contribution in [2.45, 2.75) is 25.4 Å². The lowest BCUT2D eigenvalue weighted by molar-refractivity contribution is -0.0558. The monoisotopic (exact) mass is 138 g/mol. The van der Waals surface area contributed by atoms with Gasteiger partial charge in [0, 0.05) is 6.42 Å². The molecule has 0 aliphatic carbocycles. The summed E-state index contributed by atoms with van der Waals surface area (Å²) in [6, 6.07) is 0. The van der Waals surface area contributed by atoms with Gasteiger partial charge in [0.05, 0.1) is 0 Å². The molecular formula is C6H9F3. The Hall–Kier alpha value is -0.470. The molecule has 0 nitrogen and oxygen atoms in total. The molecule has 0 unspecified atom stereocenters. The van der Waals surface area contributed by atoms with Crippen LogP contribution in [-0.2, 0) is 0 Å². The molecule has 0 fully saturated rings. The van der Waals surface area contributed by atoms with Crippen molar-refractivity contribution in [2.24, 2.45) is 0 Å². The standard InChI is InChI=1S/C6H9F3/c1-3-5(7)6(8,9)4-2/h3,5H,1,4H2,2H3/t5-/m0/s1. The quantitative estimate of drug-likeness (QED) is 0.526. The molecule has 0 aliphatic heterocycles. The second-order valence-electron chi connectivity index (χ2n) is 1.75. The van der Waals surface area contributed by atoms with Gasteiger partial charge in [0.2, 0.25) is 0 Å². The van der Waals surface area contributed by atoms with E-state index in [-0.39, 0.29) is 0 Å². The Morgan fingerprint density at radius 2 is 2.11 bits per heavy atom. The second-order valence-corrected chi connectivity index (χ2v) is 1.75. The molecular weight excluding hydrogens is 129 g/mol. The summed E-state index contributed by atoms with van der Waals surface area (Å²) in [7, 11) is 0. The highest BCUT2D eigenvalue weighted by molar-refractivity contribution is 4.89. The largest absolute Gasteiger partial charge is 0.281 e. The number of rotatable bonds is 3. The van der Waals surface area contributed by atoms with Gasteiger partial charge in [-0.2, -0.15) is 0 Å². The molecule has 0 aromatic rings. The average Bonchev–Trinajstić information content (AvgIpc) is 1.86. The van der Waals surface area contributed by atoms with Crippen LogP contribution in [0, 0.1) is 0 Å². The molecule has 3 heteroatoms. The molecule has 9 heavy (non-hydrogen) atoms. The predicted octanol–water partition coefficient (Wildman–Crippen LogP) is 2.56. The Kier molecular flexibility index (Phi) is 2.74. The molecule has 0 bridgehead atoms. The molecule has 0 saturated carbocycles. The summed E-state index contributed by atoms with van der Waals surface area (Å²) in [5.41, 5.74) is 0. The van der Waals surface area contributed by atoms with Crippen LogP contribution in [0.15, 0.2) is 12.7 Å². The second kappa shape index (κ2) is 2.90. The van der Waals surface area contributed by atoms with E-state index in [1.54, 1.807) is 0 Å². The lowest BCUT2D eigenvalue weighted by Gasteiger charge is -2.14. The Balaban J connectivity index is 3.95. The van der Waals surface area contributed by atoms with E-state index in [0.717, 1.165) is 0 Å². The molecule has 0 aromatic carbocycles. The number of allylic oxidation sites excluding steroid dienone is 1. The lowest BCUT2D eigenvalue weighted by Crippen LogP contribution is -2.26. The van der Waals surface area contributed by atoms with Crippen LogP contribution in [0.2, 0.25) is 0 Å². The van der Waals surface area contributed by atoms with E-state index in [9.17, 15) is 13.2 Å². The summed E-state index contributed by atoms with van der Waals surface area (Å²) >= 11 is 0. The van der Waals surface area contributed by atoms with Crippen molar-refractivity contribution in [1.29, 1.82) is 0 Å². The van der Waals surface area contributed by atoms with Gasteiger partial charge < -0.3 is 0 Å². The van der Waals surface area contributed by atoms with Crippen molar-refractivity contribution in [1.82, 2.24) is 0 Å². The summed E-state index contributed by atoms with van der Waals surface area (Å²) in [6.07, 6.45) is -2.08. The lowest BCUT2D eigenvalue weighted by atomic mass is 10.1. The van der Waals surface area contributed by atoms with E-state index in [2.05, 4.69) is 6.58 Å². The van der Waals surface area contributed by atoms with E-state index >= 15 is 0 Å². The first-order chi connectivity index (χ1) is 4.04. The maximum atomic E-state index is 12.1. The molecule has 0 radical (unpaired) electrons. The average molecular weight is 138 g/mol. The van der Waals surface area contributed by atoms with E-state index < -0.39 is 18.5 Å². The van der Waals surface area contributed by atoms with Gasteiger partial charge in [0.25, 0.3) is 5.92 Å². The Morgan fingerprint density at radius 3 is 2.22 bits per heavy atom. The third kappa shape index (κ3) is 2.08. The zero-order valence-electron chi connectivity index (χ0n) is 5.20. The summed E-state index contributed by atoms with van der Waals surface area (Å²) in [5.74, 6) is -3.23.